The summed E-state index contributed by atoms with van der Waals surface area (Å²) in [4.78, 5) is 27.4. The van der Waals surface area contributed by atoms with Gasteiger partial charge in [0.25, 0.3) is 0 Å². The van der Waals surface area contributed by atoms with Gasteiger partial charge in [0.05, 0.1) is 0 Å². The molecule has 9 heteroatoms. The van der Waals surface area contributed by atoms with Crippen LogP contribution in [0.15, 0.2) is 52.9 Å². The molecule has 6 nitrogen and oxygen atoms in total. The molecule has 1 saturated carbocycles. The Morgan fingerprint density at radius 1 is 1.22 bits per heavy atom. The summed E-state index contributed by atoms with van der Waals surface area (Å²) in [5, 5.41) is 12.2. The van der Waals surface area contributed by atoms with E-state index in [2.05, 4.69) is 15.5 Å². The first kappa shape index (κ1) is 22.8. The molecule has 1 aliphatic carbocycles. The Balaban J connectivity index is 1.56. The monoisotopic (exact) mass is 486 g/mol. The standard InChI is InChI=1S/C23H23ClN4O2S2/c1-3-19(29)28(17-11-12-17)22-26-27-23(32-22)31-20(15-7-5-4-6-8-15)21(30)25-16-10-9-14(2)18(24)13-16/h4-10,13,17,20H,3,11-12H2,1-2H3,(H,25,30)/t20-/m0/s1. The number of aryl methyl sites for hydroxylation is 1. The number of carbonyl (C=O) groups is 2. The summed E-state index contributed by atoms with van der Waals surface area (Å²) in [6.07, 6.45) is 2.40. The molecule has 0 bridgehead atoms. The fourth-order valence-electron chi connectivity index (χ4n) is 3.20. The minimum absolute atomic E-state index is 0.0498. The van der Waals surface area contributed by atoms with E-state index >= 15 is 0 Å². The van der Waals surface area contributed by atoms with Crippen molar-refractivity contribution in [3.8, 4) is 0 Å². The third-order valence-electron chi connectivity index (χ3n) is 5.08. The van der Waals surface area contributed by atoms with Crippen molar-refractivity contribution in [1.29, 1.82) is 0 Å². The van der Waals surface area contributed by atoms with Crippen LogP contribution in [-0.2, 0) is 9.59 Å². The highest BCUT2D eigenvalue weighted by atomic mass is 35.5. The lowest BCUT2D eigenvalue weighted by molar-refractivity contribution is -0.118. The zero-order chi connectivity index (χ0) is 22.7. The number of hydrogen-bond acceptors (Lipinski definition) is 6. The Labute approximate surface area is 200 Å². The van der Waals surface area contributed by atoms with E-state index in [0.29, 0.717) is 26.6 Å². The fourth-order valence-corrected chi connectivity index (χ4v) is 5.50. The first-order valence-corrected chi connectivity index (χ1v) is 12.5. The van der Waals surface area contributed by atoms with Gasteiger partial charge < -0.3 is 5.32 Å². The van der Waals surface area contributed by atoms with E-state index < -0.39 is 5.25 Å². The van der Waals surface area contributed by atoms with Gasteiger partial charge in [-0.1, -0.05) is 78.0 Å². The van der Waals surface area contributed by atoms with Crippen LogP contribution in [0, 0.1) is 6.92 Å². The summed E-state index contributed by atoms with van der Waals surface area (Å²) in [5.74, 6) is -0.129. The van der Waals surface area contributed by atoms with Gasteiger partial charge in [0.2, 0.25) is 16.9 Å². The molecule has 0 radical (unpaired) electrons. The molecule has 1 aliphatic rings. The molecule has 166 valence electrons. The van der Waals surface area contributed by atoms with Crippen LogP contribution in [0.4, 0.5) is 10.8 Å². The number of thioether (sulfide) groups is 1. The molecule has 1 aromatic heterocycles. The Bertz CT molecular complexity index is 1120. The topological polar surface area (TPSA) is 75.2 Å². The van der Waals surface area contributed by atoms with Crippen molar-refractivity contribution < 1.29 is 9.59 Å². The minimum Gasteiger partial charge on any atom is -0.325 e. The van der Waals surface area contributed by atoms with Gasteiger partial charge in [0, 0.05) is 23.2 Å². The highest BCUT2D eigenvalue weighted by molar-refractivity contribution is 8.02. The zero-order valence-corrected chi connectivity index (χ0v) is 20.1. The molecule has 32 heavy (non-hydrogen) atoms. The third-order valence-corrected chi connectivity index (χ3v) is 7.75. The van der Waals surface area contributed by atoms with E-state index in [1.54, 1.807) is 11.0 Å². The van der Waals surface area contributed by atoms with Gasteiger partial charge in [-0.05, 0) is 43.0 Å². The average molecular weight is 487 g/mol. The minimum atomic E-state index is -0.534. The van der Waals surface area contributed by atoms with E-state index in [0.717, 1.165) is 24.0 Å². The smallest absolute Gasteiger partial charge is 0.242 e. The van der Waals surface area contributed by atoms with Gasteiger partial charge in [0.15, 0.2) is 4.34 Å². The lowest BCUT2D eigenvalue weighted by Gasteiger charge is -2.17. The van der Waals surface area contributed by atoms with E-state index in [9.17, 15) is 9.59 Å². The molecule has 1 atom stereocenters. The number of benzene rings is 2. The molecule has 1 N–H and O–H groups in total. The van der Waals surface area contributed by atoms with Gasteiger partial charge in [-0.25, -0.2) is 0 Å². The number of nitrogens with zero attached hydrogens (tertiary/aromatic N) is 3. The summed E-state index contributed by atoms with van der Waals surface area (Å²) in [6, 6.07) is 15.2. The number of hydrogen-bond donors (Lipinski definition) is 1. The Hall–Kier alpha value is -2.42. The van der Waals surface area contributed by atoms with Crippen molar-refractivity contribution in [3.05, 3.63) is 64.7 Å². The second-order valence-electron chi connectivity index (χ2n) is 7.56. The molecule has 3 aromatic rings. The molecular weight excluding hydrogens is 464 g/mol. The maximum atomic E-state index is 13.2. The van der Waals surface area contributed by atoms with Crippen molar-refractivity contribution in [2.24, 2.45) is 0 Å². The highest BCUT2D eigenvalue weighted by Gasteiger charge is 2.35. The molecular formula is C23H23ClN4O2S2. The number of anilines is 2. The summed E-state index contributed by atoms with van der Waals surface area (Å²) in [5.41, 5.74) is 2.44. The number of aromatic nitrogens is 2. The molecule has 2 aromatic carbocycles. The van der Waals surface area contributed by atoms with Crippen molar-refractivity contribution in [2.75, 3.05) is 10.2 Å². The van der Waals surface area contributed by atoms with Crippen LogP contribution < -0.4 is 10.2 Å². The van der Waals surface area contributed by atoms with Crippen molar-refractivity contribution in [2.45, 2.75) is 48.7 Å². The summed E-state index contributed by atoms with van der Waals surface area (Å²) in [7, 11) is 0. The molecule has 0 unspecified atom stereocenters. The van der Waals surface area contributed by atoms with Gasteiger partial charge in [0.1, 0.15) is 5.25 Å². The Kier molecular flexibility index (Phi) is 7.13. The van der Waals surface area contributed by atoms with Crippen LogP contribution in [0.25, 0.3) is 0 Å². The Morgan fingerprint density at radius 2 is 1.97 bits per heavy atom. The van der Waals surface area contributed by atoms with Crippen LogP contribution in [-0.4, -0.2) is 28.1 Å². The molecule has 1 heterocycles. The SMILES string of the molecule is CCC(=O)N(c1nnc(S[C@H](C(=O)Nc2ccc(C)c(Cl)c2)c2ccccc2)s1)C1CC1. The fraction of sp³-hybridized carbons (Fsp3) is 0.304. The number of nitrogens with one attached hydrogen (secondary N) is 1. The quantitative estimate of drug-likeness (QED) is 0.318. The summed E-state index contributed by atoms with van der Waals surface area (Å²) >= 11 is 8.90. The zero-order valence-electron chi connectivity index (χ0n) is 17.7. The maximum absolute atomic E-state index is 13.2. The third kappa shape index (κ3) is 5.31. The van der Waals surface area contributed by atoms with Crippen LogP contribution in [0.5, 0.6) is 0 Å². The summed E-state index contributed by atoms with van der Waals surface area (Å²) < 4.78 is 0.639. The number of halogens is 1. The second kappa shape index (κ2) is 10.0. The van der Waals surface area contributed by atoms with Crippen LogP contribution in [0.2, 0.25) is 5.02 Å². The molecule has 2 amide bonds. The number of carbonyl (C=O) groups excluding carboxylic acids is 2. The van der Waals surface area contributed by atoms with E-state index in [-0.39, 0.29) is 17.9 Å². The van der Waals surface area contributed by atoms with E-state index in [4.69, 9.17) is 11.6 Å². The molecule has 1 fully saturated rings. The predicted octanol–water partition coefficient (Wildman–Crippen LogP) is 5.88. The second-order valence-corrected chi connectivity index (χ2v) is 10.3. The van der Waals surface area contributed by atoms with Crippen molar-refractivity contribution >= 4 is 57.3 Å². The normalized spacial score (nSPS) is 14.1. The van der Waals surface area contributed by atoms with Crippen molar-refractivity contribution in [3.63, 3.8) is 0 Å². The van der Waals surface area contributed by atoms with Crippen molar-refractivity contribution in [1.82, 2.24) is 10.2 Å². The lowest BCUT2D eigenvalue weighted by Crippen LogP contribution is -2.32. The predicted molar refractivity (Wildman–Crippen MR) is 131 cm³/mol. The highest BCUT2D eigenvalue weighted by Crippen LogP contribution is 2.41. The van der Waals surface area contributed by atoms with Crippen LogP contribution in [0.1, 0.15) is 42.6 Å². The number of rotatable bonds is 8. The molecule has 4 rings (SSSR count). The lowest BCUT2D eigenvalue weighted by atomic mass is 10.1. The molecule has 0 saturated heterocycles. The molecule has 0 spiro atoms. The number of amides is 2. The largest absolute Gasteiger partial charge is 0.325 e. The molecule has 0 aliphatic heterocycles. The van der Waals surface area contributed by atoms with Crippen LogP contribution >= 0.6 is 34.7 Å². The van der Waals surface area contributed by atoms with E-state index in [1.807, 2.05) is 56.3 Å². The van der Waals surface area contributed by atoms with Crippen LogP contribution in [0.3, 0.4) is 0 Å². The Morgan fingerprint density at radius 3 is 2.62 bits per heavy atom. The van der Waals surface area contributed by atoms with Gasteiger partial charge in [-0.3, -0.25) is 14.5 Å². The van der Waals surface area contributed by atoms with Gasteiger partial charge >= 0.3 is 0 Å². The average Bonchev–Trinajstić information content (AvgIpc) is 3.52. The first-order valence-electron chi connectivity index (χ1n) is 10.4. The maximum Gasteiger partial charge on any atom is 0.242 e. The van der Waals surface area contributed by atoms with E-state index in [1.165, 1.54) is 23.1 Å². The van der Waals surface area contributed by atoms with Gasteiger partial charge in [-0.15, -0.1) is 10.2 Å². The first-order chi connectivity index (χ1) is 15.5. The van der Waals surface area contributed by atoms with Gasteiger partial charge in [-0.2, -0.15) is 0 Å². The summed E-state index contributed by atoms with van der Waals surface area (Å²) in [6.45, 7) is 3.76.